The number of benzene rings is 1. The molecule has 0 spiro atoms. The number of nitrogens with zero attached hydrogens (tertiary/aromatic N) is 3. The zero-order chi connectivity index (χ0) is 29.3. The standard InChI is InChI=1S/C27H22F7N3O2S/c1-3-37-14-18(26(29,30)31)12-19-24(37)21(28)23(36-19)22-20(40(38,39)4-2)11-16(13-35-22)15-5-7-17(8-6-15)25(9-10-25)27(32,33)34/h5-8,11-14H,3-4,9-10H2,1-2H3. The van der Waals surface area contributed by atoms with Gasteiger partial charge in [-0.3, -0.25) is 4.98 Å². The van der Waals surface area contributed by atoms with E-state index in [2.05, 4.69) is 9.97 Å². The molecule has 0 radical (unpaired) electrons. The third-order valence-corrected chi connectivity index (χ3v) is 9.03. The zero-order valence-electron chi connectivity index (χ0n) is 21.2. The highest BCUT2D eigenvalue weighted by Gasteiger charge is 2.64. The van der Waals surface area contributed by atoms with Crippen LogP contribution in [0.2, 0.25) is 0 Å². The number of rotatable bonds is 6. The van der Waals surface area contributed by atoms with Gasteiger partial charge in [-0.1, -0.05) is 31.2 Å². The lowest BCUT2D eigenvalue weighted by molar-refractivity contribution is -0.160. The van der Waals surface area contributed by atoms with E-state index in [0.717, 1.165) is 10.8 Å². The predicted molar refractivity (Wildman–Crippen MR) is 133 cm³/mol. The Labute approximate surface area is 225 Å². The Morgan fingerprint density at radius 1 is 0.950 bits per heavy atom. The van der Waals surface area contributed by atoms with Gasteiger partial charge in [0.25, 0.3) is 0 Å². The molecule has 5 nitrogen and oxygen atoms in total. The number of halogens is 7. The smallest absolute Gasteiger partial charge is 0.343 e. The molecule has 2 aliphatic heterocycles. The van der Waals surface area contributed by atoms with Crippen molar-refractivity contribution in [3.63, 3.8) is 0 Å². The molecule has 212 valence electrons. The van der Waals surface area contributed by atoms with E-state index in [1.165, 1.54) is 50.4 Å². The average Bonchev–Trinajstić information content (AvgIpc) is 3.67. The van der Waals surface area contributed by atoms with Gasteiger partial charge in [-0.25, -0.2) is 17.8 Å². The van der Waals surface area contributed by atoms with Gasteiger partial charge in [0.1, 0.15) is 17.1 Å². The molecule has 13 heteroatoms. The number of fused-ring (bicyclic) bond motifs is 1. The van der Waals surface area contributed by atoms with Crippen LogP contribution in [0, 0.1) is 5.82 Å². The normalized spacial score (nSPS) is 15.5. The van der Waals surface area contributed by atoms with Crippen molar-refractivity contribution in [3.05, 3.63) is 65.7 Å². The highest BCUT2D eigenvalue weighted by atomic mass is 32.2. The quantitative estimate of drug-likeness (QED) is 0.223. The van der Waals surface area contributed by atoms with Crippen molar-refractivity contribution in [1.29, 1.82) is 0 Å². The molecule has 1 saturated carbocycles. The largest absolute Gasteiger partial charge is 0.417 e. The van der Waals surface area contributed by atoms with Crippen molar-refractivity contribution in [3.8, 4) is 33.9 Å². The summed E-state index contributed by atoms with van der Waals surface area (Å²) in [7, 11) is -4.05. The van der Waals surface area contributed by atoms with Crippen LogP contribution in [0.5, 0.6) is 0 Å². The maximum atomic E-state index is 15.7. The van der Waals surface area contributed by atoms with Crippen LogP contribution in [-0.4, -0.2) is 34.9 Å². The minimum Gasteiger partial charge on any atom is -0.343 e. The molecule has 2 aromatic rings. The van der Waals surface area contributed by atoms with E-state index in [0.29, 0.717) is 11.6 Å². The van der Waals surface area contributed by atoms with Crippen molar-refractivity contribution in [2.24, 2.45) is 0 Å². The molecule has 5 rings (SSSR count). The van der Waals surface area contributed by atoms with E-state index in [9.17, 15) is 34.8 Å². The van der Waals surface area contributed by atoms with Crippen molar-refractivity contribution >= 4 is 9.84 Å². The van der Waals surface area contributed by atoms with Gasteiger partial charge >= 0.3 is 12.4 Å². The van der Waals surface area contributed by atoms with Crippen LogP contribution >= 0.6 is 0 Å². The molecule has 0 atom stereocenters. The topological polar surface area (TPSA) is 64.8 Å². The van der Waals surface area contributed by atoms with Crippen LogP contribution in [0.25, 0.3) is 33.9 Å². The fraction of sp³-hybridized carbons (Fsp3) is 0.333. The summed E-state index contributed by atoms with van der Waals surface area (Å²) in [5.41, 5.74) is -3.63. The Kier molecular flexibility index (Phi) is 6.51. The third kappa shape index (κ3) is 4.53. The fourth-order valence-electron chi connectivity index (χ4n) is 4.81. The van der Waals surface area contributed by atoms with Gasteiger partial charge in [0, 0.05) is 24.5 Å². The van der Waals surface area contributed by atoms with Gasteiger partial charge in [-0.05, 0) is 43.0 Å². The van der Waals surface area contributed by atoms with Crippen molar-refractivity contribution in [2.75, 3.05) is 5.75 Å². The average molecular weight is 586 g/mol. The Balaban J connectivity index is 1.64. The minimum absolute atomic E-state index is 0.0133. The zero-order valence-corrected chi connectivity index (χ0v) is 22.0. The first-order valence-corrected chi connectivity index (χ1v) is 14.0. The van der Waals surface area contributed by atoms with Crippen LogP contribution in [0.15, 0.2) is 53.7 Å². The number of pyridine rings is 2. The number of hydrogen-bond acceptors (Lipinski definition) is 4. The summed E-state index contributed by atoms with van der Waals surface area (Å²) < 4.78 is 124. The molecule has 0 bridgehead atoms. The molecule has 0 saturated heterocycles. The first-order chi connectivity index (χ1) is 18.6. The second-order valence-corrected chi connectivity index (χ2v) is 11.9. The van der Waals surface area contributed by atoms with E-state index >= 15 is 4.39 Å². The lowest BCUT2D eigenvalue weighted by Gasteiger charge is -2.20. The van der Waals surface area contributed by atoms with Crippen LogP contribution in [0.4, 0.5) is 30.7 Å². The summed E-state index contributed by atoms with van der Waals surface area (Å²) in [6, 6.07) is 7.44. The monoisotopic (exact) mass is 585 g/mol. The number of hydrogen-bond donors (Lipinski definition) is 0. The van der Waals surface area contributed by atoms with E-state index in [1.54, 1.807) is 0 Å². The molecular formula is C27H22F7N3O2S. The summed E-state index contributed by atoms with van der Waals surface area (Å²) in [4.78, 5) is 7.77. The molecule has 0 N–H and O–H groups in total. The molecule has 0 amide bonds. The minimum atomic E-state index is -4.72. The molecule has 1 aromatic carbocycles. The summed E-state index contributed by atoms with van der Waals surface area (Å²) in [5, 5.41) is 0. The van der Waals surface area contributed by atoms with E-state index < -0.39 is 55.3 Å². The Morgan fingerprint density at radius 3 is 2.12 bits per heavy atom. The number of sulfone groups is 1. The predicted octanol–water partition coefficient (Wildman–Crippen LogP) is 7.28. The maximum Gasteiger partial charge on any atom is 0.417 e. The maximum absolute atomic E-state index is 15.7. The van der Waals surface area contributed by atoms with Crippen LogP contribution in [0.1, 0.15) is 37.8 Å². The summed E-state index contributed by atoms with van der Waals surface area (Å²) in [5.74, 6) is -1.42. The second-order valence-electron chi connectivity index (χ2n) is 9.65. The molecule has 3 aliphatic rings. The van der Waals surface area contributed by atoms with Crippen molar-refractivity contribution in [1.82, 2.24) is 14.5 Å². The van der Waals surface area contributed by atoms with E-state index in [4.69, 9.17) is 0 Å². The van der Waals surface area contributed by atoms with Gasteiger partial charge in [0.15, 0.2) is 15.7 Å². The lowest BCUT2D eigenvalue weighted by Crippen LogP contribution is -2.28. The Bertz CT molecular complexity index is 1670. The molecule has 40 heavy (non-hydrogen) atoms. The fourth-order valence-corrected chi connectivity index (χ4v) is 5.88. The molecule has 1 aliphatic carbocycles. The van der Waals surface area contributed by atoms with Gasteiger partial charge < -0.3 is 4.57 Å². The summed E-state index contributed by atoms with van der Waals surface area (Å²) >= 11 is 0. The molecule has 1 fully saturated rings. The number of aromatic nitrogens is 3. The Morgan fingerprint density at radius 2 is 1.60 bits per heavy atom. The SMILES string of the molecule is CCn1cc(C(F)(F)F)cc2nc(-c3ncc(-c4ccc(C5(C(F)(F)F)CC5)cc4)cc3S(=O)(=O)CC)c(F)c1-2. The molecule has 0 unspecified atom stereocenters. The van der Waals surface area contributed by atoms with Gasteiger partial charge in [-0.15, -0.1) is 0 Å². The van der Waals surface area contributed by atoms with E-state index in [1.807, 2.05) is 0 Å². The van der Waals surface area contributed by atoms with Crippen LogP contribution in [-0.2, 0) is 28.0 Å². The molecular weight excluding hydrogens is 563 g/mol. The lowest BCUT2D eigenvalue weighted by atomic mass is 9.93. The Hall–Kier alpha value is -3.48. The number of aryl methyl sites for hydroxylation is 1. The molecule has 3 heterocycles. The van der Waals surface area contributed by atoms with Gasteiger partial charge in [0.2, 0.25) is 0 Å². The van der Waals surface area contributed by atoms with Gasteiger partial charge in [0.05, 0.1) is 27.3 Å². The van der Waals surface area contributed by atoms with Crippen LogP contribution < -0.4 is 0 Å². The molecule has 1 aromatic heterocycles. The highest BCUT2D eigenvalue weighted by molar-refractivity contribution is 7.91. The summed E-state index contributed by atoms with van der Waals surface area (Å²) in [6.07, 6.45) is -7.15. The van der Waals surface area contributed by atoms with E-state index in [-0.39, 0.29) is 47.6 Å². The first kappa shape index (κ1) is 28.1. The van der Waals surface area contributed by atoms with Crippen molar-refractivity contribution < 1.29 is 39.2 Å². The van der Waals surface area contributed by atoms with Crippen molar-refractivity contribution in [2.45, 2.75) is 55.9 Å². The highest BCUT2D eigenvalue weighted by Crippen LogP contribution is 2.59. The number of alkyl halides is 6. The summed E-state index contributed by atoms with van der Waals surface area (Å²) in [6.45, 7) is 2.87. The first-order valence-electron chi connectivity index (χ1n) is 12.3. The second kappa shape index (κ2) is 9.28. The third-order valence-electron chi connectivity index (χ3n) is 7.29. The van der Waals surface area contributed by atoms with Gasteiger partial charge in [-0.2, -0.15) is 26.3 Å². The van der Waals surface area contributed by atoms with Crippen LogP contribution in [0.3, 0.4) is 0 Å².